The third-order valence-electron chi connectivity index (χ3n) is 3.18. The van der Waals surface area contributed by atoms with Gasteiger partial charge in [-0.25, -0.2) is 0 Å². The highest BCUT2D eigenvalue weighted by Gasteiger charge is 2.22. The monoisotopic (exact) mass is 221 g/mol. The van der Waals surface area contributed by atoms with E-state index < -0.39 is 0 Å². The molecule has 0 aromatic heterocycles. The molecule has 0 aliphatic carbocycles. The maximum Gasteiger partial charge on any atom is 0.0477 e. The van der Waals surface area contributed by atoms with Crippen molar-refractivity contribution in [1.29, 1.82) is 0 Å². The molecule has 1 N–H and O–H groups in total. The number of aliphatic hydroxyl groups excluding tert-OH is 1. The third kappa shape index (κ3) is 3.06. The van der Waals surface area contributed by atoms with Crippen molar-refractivity contribution in [2.24, 2.45) is 5.92 Å². The molecule has 0 heterocycles. The Kier molecular flexibility index (Phi) is 4.97. The number of rotatable bonds is 5. The van der Waals surface area contributed by atoms with Crippen LogP contribution in [0.3, 0.4) is 0 Å². The van der Waals surface area contributed by atoms with E-state index in [-0.39, 0.29) is 6.61 Å². The molecule has 2 unspecified atom stereocenters. The van der Waals surface area contributed by atoms with Gasteiger partial charge in [-0.15, -0.1) is 0 Å². The average molecular weight is 221 g/mol. The van der Waals surface area contributed by atoms with E-state index in [9.17, 15) is 5.11 Å². The Morgan fingerprint density at radius 3 is 2.12 bits per heavy atom. The van der Waals surface area contributed by atoms with Gasteiger partial charge in [0.25, 0.3) is 0 Å². The minimum atomic E-state index is 0.243. The lowest BCUT2D eigenvalue weighted by Gasteiger charge is -2.31. The molecule has 0 spiro atoms. The second kappa shape index (κ2) is 6.02. The van der Waals surface area contributed by atoms with E-state index in [2.05, 4.69) is 57.1 Å². The number of benzene rings is 1. The molecular formula is C14H23NO. The molecule has 1 rings (SSSR count). The molecule has 0 saturated heterocycles. The summed E-state index contributed by atoms with van der Waals surface area (Å²) in [5.74, 6) is 0.303. The molecule has 0 amide bonds. The molecule has 0 bridgehead atoms. The van der Waals surface area contributed by atoms with Gasteiger partial charge in [-0.1, -0.05) is 36.8 Å². The highest BCUT2D eigenvalue weighted by molar-refractivity contribution is 5.24. The van der Waals surface area contributed by atoms with Crippen LogP contribution in [0.2, 0.25) is 0 Å². The number of aryl methyl sites for hydroxylation is 1. The predicted molar refractivity (Wildman–Crippen MR) is 68.5 cm³/mol. The van der Waals surface area contributed by atoms with Crippen LogP contribution in [0.15, 0.2) is 24.3 Å². The molecule has 0 fully saturated rings. The van der Waals surface area contributed by atoms with Crippen LogP contribution in [-0.2, 0) is 0 Å². The maximum absolute atomic E-state index is 9.43. The molecule has 2 nitrogen and oxygen atoms in total. The molecule has 16 heavy (non-hydrogen) atoms. The molecule has 0 saturated carbocycles. The minimum Gasteiger partial charge on any atom is -0.396 e. The van der Waals surface area contributed by atoms with Crippen molar-refractivity contribution >= 4 is 0 Å². The summed E-state index contributed by atoms with van der Waals surface area (Å²) in [6.45, 7) is 4.47. The second-order valence-corrected chi connectivity index (χ2v) is 4.67. The second-order valence-electron chi connectivity index (χ2n) is 4.67. The summed E-state index contributed by atoms with van der Waals surface area (Å²) in [6, 6.07) is 8.90. The summed E-state index contributed by atoms with van der Waals surface area (Å²) in [6.07, 6.45) is 0.993. The SMILES string of the molecule is CCC(CO)C(c1ccc(C)cc1)N(C)C. The molecule has 0 aliphatic heterocycles. The van der Waals surface area contributed by atoms with Crippen LogP contribution in [0.5, 0.6) is 0 Å². The fourth-order valence-electron chi connectivity index (χ4n) is 2.21. The van der Waals surface area contributed by atoms with Crippen LogP contribution in [-0.4, -0.2) is 30.7 Å². The Hall–Kier alpha value is -0.860. The molecule has 90 valence electrons. The van der Waals surface area contributed by atoms with Crippen LogP contribution >= 0.6 is 0 Å². The largest absolute Gasteiger partial charge is 0.396 e. The summed E-state index contributed by atoms with van der Waals surface area (Å²) in [5, 5.41) is 9.43. The average Bonchev–Trinajstić information content (AvgIpc) is 2.27. The number of aliphatic hydroxyl groups is 1. The van der Waals surface area contributed by atoms with E-state index in [0.717, 1.165) is 6.42 Å². The molecule has 0 radical (unpaired) electrons. The molecule has 1 aromatic carbocycles. The van der Waals surface area contributed by atoms with E-state index in [1.54, 1.807) is 0 Å². The van der Waals surface area contributed by atoms with Gasteiger partial charge in [-0.2, -0.15) is 0 Å². The number of hydrogen-bond donors (Lipinski definition) is 1. The van der Waals surface area contributed by atoms with Crippen molar-refractivity contribution in [2.75, 3.05) is 20.7 Å². The van der Waals surface area contributed by atoms with E-state index >= 15 is 0 Å². The smallest absolute Gasteiger partial charge is 0.0477 e. The summed E-state index contributed by atoms with van der Waals surface area (Å²) in [5.41, 5.74) is 2.56. The summed E-state index contributed by atoms with van der Waals surface area (Å²) in [7, 11) is 4.14. The first-order valence-corrected chi connectivity index (χ1v) is 5.94. The van der Waals surface area contributed by atoms with Crippen LogP contribution < -0.4 is 0 Å². The molecule has 1 aromatic rings. The fourth-order valence-corrected chi connectivity index (χ4v) is 2.21. The molecule has 0 aliphatic rings. The van der Waals surface area contributed by atoms with Crippen molar-refractivity contribution in [3.63, 3.8) is 0 Å². The first-order valence-electron chi connectivity index (χ1n) is 5.94. The van der Waals surface area contributed by atoms with Crippen molar-refractivity contribution in [3.8, 4) is 0 Å². The standard InChI is InChI=1S/C14H23NO/c1-5-12(10-16)14(15(3)4)13-8-6-11(2)7-9-13/h6-9,12,14,16H,5,10H2,1-4H3. The normalized spacial score (nSPS) is 15.1. The van der Waals surface area contributed by atoms with Gasteiger partial charge in [0.2, 0.25) is 0 Å². The van der Waals surface area contributed by atoms with Gasteiger partial charge in [0, 0.05) is 18.6 Å². The first kappa shape index (κ1) is 13.2. The minimum absolute atomic E-state index is 0.243. The summed E-state index contributed by atoms with van der Waals surface area (Å²) >= 11 is 0. The van der Waals surface area contributed by atoms with Crippen molar-refractivity contribution in [2.45, 2.75) is 26.3 Å². The zero-order chi connectivity index (χ0) is 12.1. The predicted octanol–water partition coefficient (Wildman–Crippen LogP) is 2.62. The van der Waals surface area contributed by atoms with Gasteiger partial charge in [0.15, 0.2) is 0 Å². The highest BCUT2D eigenvalue weighted by Crippen LogP contribution is 2.28. The van der Waals surface area contributed by atoms with Crippen molar-refractivity contribution in [1.82, 2.24) is 4.90 Å². The van der Waals surface area contributed by atoms with E-state index in [1.807, 2.05) is 0 Å². The number of hydrogen-bond acceptors (Lipinski definition) is 2. The summed E-state index contributed by atoms with van der Waals surface area (Å²) in [4.78, 5) is 2.19. The summed E-state index contributed by atoms with van der Waals surface area (Å²) < 4.78 is 0. The van der Waals surface area contributed by atoms with Crippen molar-refractivity contribution < 1.29 is 5.11 Å². The zero-order valence-corrected chi connectivity index (χ0v) is 10.8. The van der Waals surface area contributed by atoms with E-state index in [1.165, 1.54) is 11.1 Å². The third-order valence-corrected chi connectivity index (χ3v) is 3.18. The maximum atomic E-state index is 9.43. The van der Waals surface area contributed by atoms with Gasteiger partial charge in [-0.05, 0) is 33.0 Å². The topological polar surface area (TPSA) is 23.5 Å². The Balaban J connectivity index is 2.97. The van der Waals surface area contributed by atoms with E-state index in [4.69, 9.17) is 0 Å². The Bertz CT molecular complexity index is 301. The highest BCUT2D eigenvalue weighted by atomic mass is 16.3. The lowest BCUT2D eigenvalue weighted by Crippen LogP contribution is -2.29. The Labute approximate surface area is 98.9 Å². The van der Waals surface area contributed by atoms with Gasteiger partial charge < -0.3 is 10.0 Å². The lowest BCUT2D eigenvalue weighted by atomic mass is 9.90. The van der Waals surface area contributed by atoms with Crippen LogP contribution in [0.25, 0.3) is 0 Å². The molecular weight excluding hydrogens is 198 g/mol. The molecule has 2 atom stereocenters. The van der Waals surface area contributed by atoms with Gasteiger partial charge >= 0.3 is 0 Å². The molecule has 2 heteroatoms. The van der Waals surface area contributed by atoms with Crippen molar-refractivity contribution in [3.05, 3.63) is 35.4 Å². The van der Waals surface area contributed by atoms with Gasteiger partial charge in [0.05, 0.1) is 0 Å². The lowest BCUT2D eigenvalue weighted by molar-refractivity contribution is 0.130. The van der Waals surface area contributed by atoms with Gasteiger partial charge in [-0.3, -0.25) is 0 Å². The van der Waals surface area contributed by atoms with Crippen LogP contribution in [0.4, 0.5) is 0 Å². The van der Waals surface area contributed by atoms with E-state index in [0.29, 0.717) is 12.0 Å². The van der Waals surface area contributed by atoms with Crippen LogP contribution in [0, 0.1) is 12.8 Å². The Morgan fingerprint density at radius 1 is 1.19 bits per heavy atom. The number of nitrogens with zero attached hydrogens (tertiary/aromatic N) is 1. The zero-order valence-electron chi connectivity index (χ0n) is 10.8. The quantitative estimate of drug-likeness (QED) is 0.826. The first-order chi connectivity index (χ1) is 7.60. The Morgan fingerprint density at radius 2 is 1.75 bits per heavy atom. The fraction of sp³-hybridized carbons (Fsp3) is 0.571. The van der Waals surface area contributed by atoms with Crippen LogP contribution in [0.1, 0.15) is 30.5 Å². The van der Waals surface area contributed by atoms with Gasteiger partial charge in [0.1, 0.15) is 0 Å².